The topological polar surface area (TPSA) is 73.6 Å². The average Bonchev–Trinajstić information content (AvgIpc) is 3.38. The van der Waals surface area contributed by atoms with Crippen LogP contribution in [0.2, 0.25) is 0 Å². The van der Waals surface area contributed by atoms with Gasteiger partial charge in [0.15, 0.2) is 11.5 Å². The van der Waals surface area contributed by atoms with Gasteiger partial charge in [0, 0.05) is 19.2 Å². The first-order chi connectivity index (χ1) is 13.3. The number of nitrogens with zero attached hydrogens (tertiary/aromatic N) is 1. The molecule has 0 radical (unpaired) electrons. The van der Waals surface area contributed by atoms with Gasteiger partial charge >= 0.3 is 0 Å². The molecule has 142 valence electrons. The fraction of sp³-hybridized carbons (Fsp3) is 0.300. The van der Waals surface area contributed by atoms with Crippen molar-refractivity contribution in [2.75, 3.05) is 19.8 Å². The molecule has 7 heteroatoms. The van der Waals surface area contributed by atoms with Gasteiger partial charge in [-0.2, -0.15) is 0 Å². The van der Waals surface area contributed by atoms with E-state index in [1.807, 2.05) is 48.7 Å². The normalized spacial score (nSPS) is 10.9. The van der Waals surface area contributed by atoms with Gasteiger partial charge in [0.25, 0.3) is 5.91 Å². The minimum atomic E-state index is -0.264. The van der Waals surface area contributed by atoms with Crippen LogP contribution in [0.25, 0.3) is 10.6 Å². The highest BCUT2D eigenvalue weighted by Crippen LogP contribution is 2.25. The van der Waals surface area contributed by atoms with Gasteiger partial charge in [-0.3, -0.25) is 4.79 Å². The van der Waals surface area contributed by atoms with E-state index in [-0.39, 0.29) is 11.6 Å². The van der Waals surface area contributed by atoms with Crippen LogP contribution in [0.15, 0.2) is 52.4 Å². The van der Waals surface area contributed by atoms with Crippen LogP contribution in [-0.4, -0.2) is 30.9 Å². The van der Waals surface area contributed by atoms with Crippen LogP contribution in [-0.2, 0) is 22.6 Å². The molecule has 0 saturated heterocycles. The average molecular weight is 386 g/mol. The van der Waals surface area contributed by atoms with Crippen molar-refractivity contribution in [3.05, 3.63) is 64.7 Å². The van der Waals surface area contributed by atoms with E-state index in [9.17, 15) is 4.79 Å². The maximum atomic E-state index is 12.3. The molecule has 1 amide bonds. The van der Waals surface area contributed by atoms with E-state index < -0.39 is 0 Å². The third-order valence-electron chi connectivity index (χ3n) is 3.80. The molecule has 2 heterocycles. The molecule has 1 N–H and O–H groups in total. The summed E-state index contributed by atoms with van der Waals surface area (Å²) in [6.45, 7) is 4.73. The molecule has 0 bridgehead atoms. The third-order valence-corrected chi connectivity index (χ3v) is 4.68. The summed E-state index contributed by atoms with van der Waals surface area (Å²) in [6.07, 6.45) is 0. The first-order valence-electron chi connectivity index (χ1n) is 8.78. The van der Waals surface area contributed by atoms with E-state index in [0.29, 0.717) is 38.7 Å². The summed E-state index contributed by atoms with van der Waals surface area (Å²) in [5.41, 5.74) is 2.32. The lowest BCUT2D eigenvalue weighted by Crippen LogP contribution is -2.23. The zero-order valence-electron chi connectivity index (χ0n) is 15.1. The van der Waals surface area contributed by atoms with Crippen LogP contribution in [0.3, 0.4) is 0 Å². The molecule has 0 saturated carbocycles. The minimum absolute atomic E-state index is 0.264. The smallest absolute Gasteiger partial charge is 0.273 e. The van der Waals surface area contributed by atoms with Crippen molar-refractivity contribution in [1.29, 1.82) is 0 Å². The molecule has 0 spiro atoms. The van der Waals surface area contributed by atoms with Gasteiger partial charge in [-0.1, -0.05) is 35.5 Å². The summed E-state index contributed by atoms with van der Waals surface area (Å²) in [5.74, 6) is 0.335. The zero-order chi connectivity index (χ0) is 18.9. The van der Waals surface area contributed by atoms with E-state index in [0.717, 1.165) is 16.0 Å². The first kappa shape index (κ1) is 19.3. The molecule has 3 rings (SSSR count). The number of aromatic nitrogens is 1. The molecular weight excluding hydrogens is 364 g/mol. The van der Waals surface area contributed by atoms with Crippen LogP contribution < -0.4 is 5.32 Å². The van der Waals surface area contributed by atoms with Crippen LogP contribution in [0.1, 0.15) is 28.5 Å². The molecular formula is C20H22N2O4S. The molecule has 3 aromatic rings. The fourth-order valence-corrected chi connectivity index (χ4v) is 3.14. The highest BCUT2D eigenvalue weighted by molar-refractivity contribution is 7.13. The lowest BCUT2D eigenvalue weighted by atomic mass is 10.1. The first-order valence-corrected chi connectivity index (χ1v) is 9.66. The summed E-state index contributed by atoms with van der Waals surface area (Å²) >= 11 is 1.54. The summed E-state index contributed by atoms with van der Waals surface area (Å²) < 4.78 is 16.1. The number of hydrogen-bond donors (Lipinski definition) is 1. The Kier molecular flexibility index (Phi) is 7.15. The van der Waals surface area contributed by atoms with E-state index in [4.69, 9.17) is 14.0 Å². The second-order valence-corrected chi connectivity index (χ2v) is 6.75. The molecule has 6 nitrogen and oxygen atoms in total. The van der Waals surface area contributed by atoms with Crippen molar-refractivity contribution in [1.82, 2.24) is 10.5 Å². The Balaban J connectivity index is 1.49. The van der Waals surface area contributed by atoms with Crippen LogP contribution in [0.4, 0.5) is 0 Å². The monoisotopic (exact) mass is 386 g/mol. The zero-order valence-corrected chi connectivity index (χ0v) is 16.0. The van der Waals surface area contributed by atoms with Crippen LogP contribution in [0.5, 0.6) is 0 Å². The number of benzene rings is 1. The Hall–Kier alpha value is -2.48. The Morgan fingerprint density at radius 3 is 2.81 bits per heavy atom. The van der Waals surface area contributed by atoms with Crippen molar-refractivity contribution in [2.24, 2.45) is 0 Å². The number of amides is 1. The van der Waals surface area contributed by atoms with Gasteiger partial charge in [-0.25, -0.2) is 0 Å². The Morgan fingerprint density at radius 2 is 2.00 bits per heavy atom. The molecule has 2 aromatic heterocycles. The van der Waals surface area contributed by atoms with Gasteiger partial charge in [0.05, 0.1) is 24.7 Å². The number of nitrogens with one attached hydrogen (secondary N) is 1. The van der Waals surface area contributed by atoms with Gasteiger partial charge in [0.1, 0.15) is 0 Å². The number of thiophene rings is 1. The van der Waals surface area contributed by atoms with E-state index in [2.05, 4.69) is 10.5 Å². The molecule has 0 aliphatic rings. The second kappa shape index (κ2) is 10.0. The largest absolute Gasteiger partial charge is 0.379 e. The van der Waals surface area contributed by atoms with E-state index in [1.165, 1.54) is 11.3 Å². The van der Waals surface area contributed by atoms with Gasteiger partial charge < -0.3 is 19.3 Å². The lowest BCUT2D eigenvalue weighted by Gasteiger charge is -2.07. The van der Waals surface area contributed by atoms with Gasteiger partial charge in [0.2, 0.25) is 0 Å². The van der Waals surface area contributed by atoms with Crippen molar-refractivity contribution >= 4 is 17.2 Å². The van der Waals surface area contributed by atoms with E-state index >= 15 is 0 Å². The standard InChI is InChI=1S/C20H22N2O4S/c1-2-24-8-9-25-14-16-6-3-5-15(11-16)13-21-20(23)17-12-18(26-22-17)19-7-4-10-27-19/h3-7,10-12H,2,8-9,13-14H2,1H3,(H,21,23). The number of carbonyl (C=O) groups is 1. The summed E-state index contributed by atoms with van der Waals surface area (Å²) in [5, 5.41) is 8.67. The predicted molar refractivity (Wildman–Crippen MR) is 104 cm³/mol. The third kappa shape index (κ3) is 5.75. The molecule has 0 unspecified atom stereocenters. The number of ether oxygens (including phenoxy) is 2. The Labute approximate surface area is 162 Å². The highest BCUT2D eigenvalue weighted by atomic mass is 32.1. The maximum absolute atomic E-state index is 12.3. The summed E-state index contributed by atoms with van der Waals surface area (Å²) in [7, 11) is 0. The van der Waals surface area contributed by atoms with Crippen molar-refractivity contribution in [3.63, 3.8) is 0 Å². The summed E-state index contributed by atoms with van der Waals surface area (Å²) in [4.78, 5) is 13.2. The SMILES string of the molecule is CCOCCOCc1cccc(CNC(=O)c2cc(-c3cccs3)on2)c1. The highest BCUT2D eigenvalue weighted by Gasteiger charge is 2.14. The van der Waals surface area contributed by atoms with Crippen molar-refractivity contribution in [3.8, 4) is 10.6 Å². The Morgan fingerprint density at radius 1 is 1.15 bits per heavy atom. The molecule has 0 fully saturated rings. The second-order valence-electron chi connectivity index (χ2n) is 5.81. The van der Waals surface area contributed by atoms with Crippen LogP contribution in [0, 0.1) is 0 Å². The summed E-state index contributed by atoms with van der Waals surface area (Å²) in [6, 6.07) is 13.4. The number of hydrogen-bond acceptors (Lipinski definition) is 6. The molecule has 27 heavy (non-hydrogen) atoms. The van der Waals surface area contributed by atoms with Gasteiger partial charge in [-0.05, 0) is 29.5 Å². The quantitative estimate of drug-likeness (QED) is 0.535. The van der Waals surface area contributed by atoms with Crippen molar-refractivity contribution < 1.29 is 18.8 Å². The molecule has 0 atom stereocenters. The number of rotatable bonds is 10. The fourth-order valence-electron chi connectivity index (χ4n) is 2.47. The predicted octanol–water partition coefficient (Wildman–Crippen LogP) is 3.89. The molecule has 0 aliphatic heterocycles. The Bertz CT molecular complexity index is 845. The lowest BCUT2D eigenvalue weighted by molar-refractivity contribution is 0.0453. The van der Waals surface area contributed by atoms with Crippen molar-refractivity contribution in [2.45, 2.75) is 20.1 Å². The maximum Gasteiger partial charge on any atom is 0.273 e. The van der Waals surface area contributed by atoms with E-state index in [1.54, 1.807) is 6.07 Å². The van der Waals surface area contributed by atoms with Crippen LogP contribution >= 0.6 is 11.3 Å². The molecule has 0 aliphatic carbocycles. The van der Waals surface area contributed by atoms with Gasteiger partial charge in [-0.15, -0.1) is 11.3 Å². The number of carbonyl (C=O) groups excluding carboxylic acids is 1. The molecule has 1 aromatic carbocycles. The minimum Gasteiger partial charge on any atom is -0.379 e.